The average molecular weight is 275 g/mol. The Morgan fingerprint density at radius 3 is 2.67 bits per heavy atom. The minimum atomic E-state index is -1.00. The van der Waals surface area contributed by atoms with Gasteiger partial charge in [-0.3, -0.25) is 0 Å². The molecule has 1 aromatic rings. The number of ether oxygens (including phenoxy) is 2. The van der Waals surface area contributed by atoms with E-state index in [2.05, 4.69) is 15.9 Å². The molecule has 82 valence electrons. The van der Waals surface area contributed by atoms with Crippen molar-refractivity contribution in [3.05, 3.63) is 22.2 Å². The van der Waals surface area contributed by atoms with Crippen LogP contribution in [-0.2, 0) is 0 Å². The Bertz CT molecular complexity index is 376. The molecule has 0 saturated carbocycles. The Morgan fingerprint density at radius 2 is 2.20 bits per heavy atom. The third-order valence-corrected chi connectivity index (χ3v) is 2.35. The summed E-state index contributed by atoms with van der Waals surface area (Å²) in [5.41, 5.74) is 0.155. The van der Waals surface area contributed by atoms with Crippen LogP contribution in [0.2, 0.25) is 0 Å². The Hall–Kier alpha value is -1.23. The summed E-state index contributed by atoms with van der Waals surface area (Å²) in [4.78, 5) is 10.8. The van der Waals surface area contributed by atoms with Gasteiger partial charge in [-0.2, -0.15) is 0 Å². The lowest BCUT2D eigenvalue weighted by Crippen LogP contribution is -2.01. The van der Waals surface area contributed by atoms with E-state index in [0.717, 1.165) is 0 Å². The zero-order chi connectivity index (χ0) is 11.4. The van der Waals surface area contributed by atoms with E-state index in [0.29, 0.717) is 22.6 Å². The number of hydrogen-bond donors (Lipinski definition) is 1. The van der Waals surface area contributed by atoms with Crippen LogP contribution in [0.1, 0.15) is 17.3 Å². The van der Waals surface area contributed by atoms with Crippen molar-refractivity contribution in [2.45, 2.75) is 6.92 Å². The van der Waals surface area contributed by atoms with E-state index >= 15 is 0 Å². The van der Waals surface area contributed by atoms with Crippen LogP contribution < -0.4 is 9.47 Å². The lowest BCUT2D eigenvalue weighted by Gasteiger charge is -2.11. The first-order chi connectivity index (χ1) is 7.10. The molecule has 1 aromatic carbocycles. The van der Waals surface area contributed by atoms with Crippen LogP contribution in [0.15, 0.2) is 16.6 Å². The maximum Gasteiger partial charge on any atom is 0.335 e. The molecule has 0 radical (unpaired) electrons. The first kappa shape index (κ1) is 11.8. The van der Waals surface area contributed by atoms with Gasteiger partial charge in [0, 0.05) is 0 Å². The molecule has 0 aliphatic rings. The highest BCUT2D eigenvalue weighted by Crippen LogP contribution is 2.36. The minimum absolute atomic E-state index is 0.155. The van der Waals surface area contributed by atoms with E-state index in [-0.39, 0.29) is 5.56 Å². The number of aromatic carboxylic acids is 1. The summed E-state index contributed by atoms with van der Waals surface area (Å²) in [6, 6.07) is 2.91. The van der Waals surface area contributed by atoms with Gasteiger partial charge in [-0.05, 0) is 35.0 Å². The van der Waals surface area contributed by atoms with Crippen LogP contribution in [-0.4, -0.2) is 24.8 Å². The highest BCUT2D eigenvalue weighted by atomic mass is 79.9. The van der Waals surface area contributed by atoms with E-state index in [1.807, 2.05) is 6.92 Å². The first-order valence-electron chi connectivity index (χ1n) is 4.33. The molecule has 15 heavy (non-hydrogen) atoms. The van der Waals surface area contributed by atoms with E-state index in [4.69, 9.17) is 14.6 Å². The van der Waals surface area contributed by atoms with Crippen LogP contribution in [0.5, 0.6) is 11.5 Å². The number of hydrogen-bond acceptors (Lipinski definition) is 3. The summed E-state index contributed by atoms with van der Waals surface area (Å²) >= 11 is 3.24. The highest BCUT2D eigenvalue weighted by Gasteiger charge is 2.14. The summed E-state index contributed by atoms with van der Waals surface area (Å²) < 4.78 is 11.0. The summed E-state index contributed by atoms with van der Waals surface area (Å²) in [6.45, 7) is 2.33. The van der Waals surface area contributed by atoms with Gasteiger partial charge in [0.05, 0.1) is 23.8 Å². The molecule has 0 amide bonds. The topological polar surface area (TPSA) is 55.8 Å². The molecule has 0 aromatic heterocycles. The lowest BCUT2D eigenvalue weighted by molar-refractivity contribution is 0.0696. The second kappa shape index (κ2) is 5.02. The van der Waals surface area contributed by atoms with Crippen molar-refractivity contribution < 1.29 is 19.4 Å². The van der Waals surface area contributed by atoms with Crippen molar-refractivity contribution in [3.63, 3.8) is 0 Å². The molecular formula is C10H11BrO4. The number of benzene rings is 1. The molecule has 1 rings (SSSR count). The van der Waals surface area contributed by atoms with Crippen LogP contribution in [0.4, 0.5) is 0 Å². The third-order valence-electron chi connectivity index (χ3n) is 1.77. The minimum Gasteiger partial charge on any atom is -0.493 e. The molecule has 0 saturated heterocycles. The van der Waals surface area contributed by atoms with Crippen molar-refractivity contribution in [1.82, 2.24) is 0 Å². The van der Waals surface area contributed by atoms with Crippen LogP contribution >= 0.6 is 15.9 Å². The molecule has 4 nitrogen and oxygen atoms in total. The third kappa shape index (κ3) is 2.62. The van der Waals surface area contributed by atoms with Crippen LogP contribution in [0, 0.1) is 0 Å². The van der Waals surface area contributed by atoms with Gasteiger partial charge in [-0.15, -0.1) is 0 Å². The summed E-state index contributed by atoms with van der Waals surface area (Å²) in [7, 11) is 1.47. The fourth-order valence-electron chi connectivity index (χ4n) is 1.13. The standard InChI is InChI=1S/C10H11BrO4/c1-3-15-9-7(11)4-6(10(12)13)5-8(9)14-2/h4-5H,3H2,1-2H3,(H,12,13). The summed E-state index contributed by atoms with van der Waals surface area (Å²) in [5, 5.41) is 8.83. The Morgan fingerprint density at radius 1 is 1.53 bits per heavy atom. The summed E-state index contributed by atoms with van der Waals surface area (Å²) in [5.74, 6) is -0.0781. The molecule has 0 bridgehead atoms. The largest absolute Gasteiger partial charge is 0.493 e. The average Bonchev–Trinajstić information content (AvgIpc) is 2.20. The maximum atomic E-state index is 10.8. The maximum absolute atomic E-state index is 10.8. The van der Waals surface area contributed by atoms with Gasteiger partial charge in [0.15, 0.2) is 11.5 Å². The smallest absolute Gasteiger partial charge is 0.335 e. The monoisotopic (exact) mass is 274 g/mol. The SMILES string of the molecule is CCOc1c(Br)cc(C(=O)O)cc1OC. The molecule has 1 N–H and O–H groups in total. The van der Waals surface area contributed by atoms with E-state index in [1.165, 1.54) is 19.2 Å². The van der Waals surface area contributed by atoms with Gasteiger partial charge in [0.2, 0.25) is 0 Å². The first-order valence-corrected chi connectivity index (χ1v) is 5.13. The van der Waals surface area contributed by atoms with Gasteiger partial charge >= 0.3 is 5.97 Å². The molecule has 0 spiro atoms. The van der Waals surface area contributed by atoms with Crippen molar-refractivity contribution in [2.24, 2.45) is 0 Å². The Labute approximate surface area is 95.9 Å². The van der Waals surface area contributed by atoms with Crippen LogP contribution in [0.3, 0.4) is 0 Å². The highest BCUT2D eigenvalue weighted by molar-refractivity contribution is 9.10. The van der Waals surface area contributed by atoms with Crippen molar-refractivity contribution in [2.75, 3.05) is 13.7 Å². The predicted octanol–water partition coefficient (Wildman–Crippen LogP) is 2.55. The van der Waals surface area contributed by atoms with Crippen molar-refractivity contribution >= 4 is 21.9 Å². The number of rotatable bonds is 4. The quantitative estimate of drug-likeness (QED) is 0.917. The summed E-state index contributed by atoms with van der Waals surface area (Å²) in [6.07, 6.45) is 0. The predicted molar refractivity (Wildman–Crippen MR) is 58.8 cm³/mol. The number of carboxylic acid groups (broad SMARTS) is 1. The lowest BCUT2D eigenvalue weighted by atomic mass is 10.2. The second-order valence-electron chi connectivity index (χ2n) is 2.73. The number of carboxylic acids is 1. The van der Waals surface area contributed by atoms with Gasteiger partial charge in [-0.25, -0.2) is 4.79 Å². The zero-order valence-corrected chi connectivity index (χ0v) is 10.00. The Balaban J connectivity index is 3.24. The van der Waals surface area contributed by atoms with E-state index in [9.17, 15) is 4.79 Å². The molecule has 0 atom stereocenters. The number of halogens is 1. The van der Waals surface area contributed by atoms with Crippen molar-refractivity contribution in [1.29, 1.82) is 0 Å². The Kier molecular flexibility index (Phi) is 3.96. The molecule has 0 unspecified atom stereocenters. The van der Waals surface area contributed by atoms with Gasteiger partial charge < -0.3 is 14.6 Å². The molecule has 0 fully saturated rings. The number of methoxy groups -OCH3 is 1. The second-order valence-corrected chi connectivity index (χ2v) is 3.58. The fourth-order valence-corrected chi connectivity index (χ4v) is 1.68. The van der Waals surface area contributed by atoms with Crippen LogP contribution in [0.25, 0.3) is 0 Å². The van der Waals surface area contributed by atoms with Gasteiger partial charge in [-0.1, -0.05) is 0 Å². The molecule has 0 aliphatic heterocycles. The molecule has 0 heterocycles. The fraction of sp³-hybridized carbons (Fsp3) is 0.300. The van der Waals surface area contributed by atoms with Gasteiger partial charge in [0.25, 0.3) is 0 Å². The van der Waals surface area contributed by atoms with Crippen molar-refractivity contribution in [3.8, 4) is 11.5 Å². The van der Waals surface area contributed by atoms with E-state index < -0.39 is 5.97 Å². The zero-order valence-electron chi connectivity index (χ0n) is 8.41. The van der Waals surface area contributed by atoms with E-state index in [1.54, 1.807) is 0 Å². The molecular weight excluding hydrogens is 264 g/mol. The number of carbonyl (C=O) groups is 1. The molecule has 5 heteroatoms. The normalized spacial score (nSPS) is 9.80. The van der Waals surface area contributed by atoms with Gasteiger partial charge in [0.1, 0.15) is 0 Å². The molecule has 0 aliphatic carbocycles.